The molecule has 114 valence electrons. The van der Waals surface area contributed by atoms with Crippen LogP contribution in [0.15, 0.2) is 60.8 Å². The average Bonchev–Trinajstić information content (AvgIpc) is 2.56. The van der Waals surface area contributed by atoms with Crippen LogP contribution in [0.5, 0.6) is 11.6 Å². The summed E-state index contributed by atoms with van der Waals surface area (Å²) < 4.78 is 18.5. The van der Waals surface area contributed by atoms with Crippen LogP contribution >= 0.6 is 0 Å². The summed E-state index contributed by atoms with van der Waals surface area (Å²) in [5.74, 6) is -0.164. The second-order valence-corrected chi connectivity index (χ2v) is 4.66. The topological polar surface area (TPSA) is 72.3 Å². The molecule has 0 spiro atoms. The molecule has 0 unspecified atom stereocenters. The van der Waals surface area contributed by atoms with E-state index in [9.17, 15) is 9.18 Å². The zero-order chi connectivity index (χ0) is 16.2. The van der Waals surface area contributed by atoms with Crippen molar-refractivity contribution >= 4 is 5.97 Å². The Hall–Kier alpha value is -3.28. The van der Waals surface area contributed by atoms with Gasteiger partial charge >= 0.3 is 5.97 Å². The van der Waals surface area contributed by atoms with Crippen molar-refractivity contribution in [2.24, 2.45) is 0 Å². The molecule has 0 saturated carbocycles. The Kier molecular flexibility index (Phi) is 3.97. The lowest BCUT2D eigenvalue weighted by Crippen LogP contribution is -1.96. The molecule has 0 fully saturated rings. The summed E-state index contributed by atoms with van der Waals surface area (Å²) in [7, 11) is 0. The van der Waals surface area contributed by atoms with E-state index in [1.807, 2.05) is 0 Å². The summed E-state index contributed by atoms with van der Waals surface area (Å²) in [4.78, 5) is 19.2. The number of carbonyl (C=O) groups is 1. The van der Waals surface area contributed by atoms with Gasteiger partial charge in [-0.25, -0.2) is 14.2 Å². The maximum Gasteiger partial charge on any atom is 0.335 e. The number of carboxylic acid groups (broad SMARTS) is 1. The van der Waals surface area contributed by atoms with Crippen molar-refractivity contribution in [2.75, 3.05) is 0 Å². The summed E-state index contributed by atoms with van der Waals surface area (Å²) in [6, 6.07) is 13.4. The molecule has 0 aliphatic rings. The minimum absolute atomic E-state index is 0.173. The fourth-order valence-electron chi connectivity index (χ4n) is 1.92. The quantitative estimate of drug-likeness (QED) is 0.794. The lowest BCUT2D eigenvalue weighted by molar-refractivity contribution is 0.0697. The van der Waals surface area contributed by atoms with Gasteiger partial charge in [-0.15, -0.1) is 0 Å². The summed E-state index contributed by atoms with van der Waals surface area (Å²) in [5, 5.41) is 8.86. The lowest BCUT2D eigenvalue weighted by Gasteiger charge is -2.06. The molecule has 0 atom stereocenters. The van der Waals surface area contributed by atoms with Crippen LogP contribution in [-0.4, -0.2) is 21.0 Å². The van der Waals surface area contributed by atoms with Crippen molar-refractivity contribution in [3.8, 4) is 23.0 Å². The Morgan fingerprint density at radius 1 is 1.00 bits per heavy atom. The van der Waals surface area contributed by atoms with Crippen LogP contribution in [0, 0.1) is 5.82 Å². The maximum absolute atomic E-state index is 13.0. The third-order valence-corrected chi connectivity index (χ3v) is 3.06. The van der Waals surface area contributed by atoms with Gasteiger partial charge in [0.2, 0.25) is 5.88 Å². The van der Waals surface area contributed by atoms with Crippen LogP contribution < -0.4 is 4.74 Å². The molecule has 1 N–H and O–H groups in total. The van der Waals surface area contributed by atoms with E-state index >= 15 is 0 Å². The molecule has 1 aromatic heterocycles. The number of hydrogen-bond acceptors (Lipinski definition) is 4. The molecular weight excluding hydrogens is 299 g/mol. The fourth-order valence-corrected chi connectivity index (χ4v) is 1.92. The van der Waals surface area contributed by atoms with Crippen molar-refractivity contribution < 1.29 is 19.0 Å². The van der Waals surface area contributed by atoms with Gasteiger partial charge in [-0.2, -0.15) is 4.98 Å². The second kappa shape index (κ2) is 6.23. The highest BCUT2D eigenvalue weighted by Crippen LogP contribution is 2.22. The highest BCUT2D eigenvalue weighted by molar-refractivity contribution is 5.87. The van der Waals surface area contributed by atoms with Crippen LogP contribution in [0.1, 0.15) is 10.4 Å². The normalized spacial score (nSPS) is 10.3. The Balaban J connectivity index is 1.82. The van der Waals surface area contributed by atoms with Crippen molar-refractivity contribution in [3.05, 3.63) is 72.2 Å². The first kappa shape index (κ1) is 14.6. The molecule has 0 radical (unpaired) electrons. The van der Waals surface area contributed by atoms with Crippen LogP contribution in [0.4, 0.5) is 4.39 Å². The third-order valence-electron chi connectivity index (χ3n) is 3.06. The molecule has 2 aromatic carbocycles. The molecule has 0 aliphatic heterocycles. The number of benzene rings is 2. The largest absolute Gasteiger partial charge is 0.478 e. The van der Waals surface area contributed by atoms with Gasteiger partial charge in [0.05, 0.1) is 5.56 Å². The van der Waals surface area contributed by atoms with Gasteiger partial charge in [-0.3, -0.25) is 0 Å². The standard InChI is InChI=1S/C17H11FN2O3/c18-13-5-1-11(2-6-13)16-19-10-9-15(20-16)23-14-7-3-12(4-8-14)17(21)22/h1-10H,(H,21,22). The molecule has 0 bridgehead atoms. The number of ether oxygens (including phenoxy) is 1. The molecule has 6 heteroatoms. The molecular formula is C17H11FN2O3. The fraction of sp³-hybridized carbons (Fsp3) is 0. The number of hydrogen-bond donors (Lipinski definition) is 1. The monoisotopic (exact) mass is 310 g/mol. The molecule has 5 nitrogen and oxygen atoms in total. The Labute approximate surface area is 131 Å². The average molecular weight is 310 g/mol. The van der Waals surface area contributed by atoms with Gasteiger partial charge in [-0.1, -0.05) is 0 Å². The summed E-state index contributed by atoms with van der Waals surface area (Å²) in [6.07, 6.45) is 1.53. The molecule has 0 saturated heterocycles. The summed E-state index contributed by atoms with van der Waals surface area (Å²) in [5.41, 5.74) is 0.838. The van der Waals surface area contributed by atoms with Crippen molar-refractivity contribution in [2.45, 2.75) is 0 Å². The van der Waals surface area contributed by atoms with Gasteiger partial charge < -0.3 is 9.84 Å². The zero-order valence-electron chi connectivity index (χ0n) is 11.8. The highest BCUT2D eigenvalue weighted by Gasteiger charge is 2.06. The van der Waals surface area contributed by atoms with Crippen molar-refractivity contribution in [1.82, 2.24) is 9.97 Å². The summed E-state index contributed by atoms with van der Waals surface area (Å²) in [6.45, 7) is 0. The summed E-state index contributed by atoms with van der Waals surface area (Å²) >= 11 is 0. The SMILES string of the molecule is O=C(O)c1ccc(Oc2ccnc(-c3ccc(F)cc3)n2)cc1. The van der Waals surface area contributed by atoms with Gasteiger partial charge in [-0.05, 0) is 48.5 Å². The van der Waals surface area contributed by atoms with E-state index in [4.69, 9.17) is 9.84 Å². The minimum Gasteiger partial charge on any atom is -0.478 e. The van der Waals surface area contributed by atoms with E-state index in [-0.39, 0.29) is 11.4 Å². The number of nitrogens with zero attached hydrogens (tertiary/aromatic N) is 2. The smallest absolute Gasteiger partial charge is 0.335 e. The van der Waals surface area contributed by atoms with Crippen molar-refractivity contribution in [1.29, 1.82) is 0 Å². The number of rotatable bonds is 4. The maximum atomic E-state index is 13.0. The molecule has 23 heavy (non-hydrogen) atoms. The third kappa shape index (κ3) is 3.49. The predicted octanol–water partition coefficient (Wildman–Crippen LogP) is 3.77. The van der Waals surface area contributed by atoms with E-state index in [1.165, 1.54) is 30.5 Å². The second-order valence-electron chi connectivity index (χ2n) is 4.66. The predicted molar refractivity (Wildman–Crippen MR) is 80.9 cm³/mol. The molecule has 3 rings (SSSR count). The van der Waals surface area contributed by atoms with E-state index in [0.717, 1.165) is 0 Å². The number of carboxylic acids is 1. The van der Waals surface area contributed by atoms with Crippen LogP contribution in [-0.2, 0) is 0 Å². The van der Waals surface area contributed by atoms with E-state index in [0.29, 0.717) is 23.0 Å². The van der Waals surface area contributed by atoms with Gasteiger partial charge in [0.1, 0.15) is 11.6 Å². The zero-order valence-corrected chi connectivity index (χ0v) is 11.8. The van der Waals surface area contributed by atoms with Gasteiger partial charge in [0.15, 0.2) is 5.82 Å². The van der Waals surface area contributed by atoms with Crippen LogP contribution in [0.25, 0.3) is 11.4 Å². The number of halogens is 1. The number of aromatic carboxylic acids is 1. The first-order chi connectivity index (χ1) is 11.1. The van der Waals surface area contributed by atoms with Crippen LogP contribution in [0.3, 0.4) is 0 Å². The first-order valence-electron chi connectivity index (χ1n) is 6.72. The molecule has 0 aliphatic carbocycles. The Morgan fingerprint density at radius 2 is 1.70 bits per heavy atom. The molecule has 1 heterocycles. The molecule has 0 amide bonds. The number of aromatic nitrogens is 2. The Morgan fingerprint density at radius 3 is 2.35 bits per heavy atom. The highest BCUT2D eigenvalue weighted by atomic mass is 19.1. The van der Waals surface area contributed by atoms with E-state index < -0.39 is 5.97 Å². The Bertz CT molecular complexity index is 833. The van der Waals surface area contributed by atoms with Crippen molar-refractivity contribution in [3.63, 3.8) is 0 Å². The van der Waals surface area contributed by atoms with E-state index in [1.54, 1.807) is 30.3 Å². The molecule has 3 aromatic rings. The first-order valence-corrected chi connectivity index (χ1v) is 6.72. The van der Waals surface area contributed by atoms with Crippen LogP contribution in [0.2, 0.25) is 0 Å². The van der Waals surface area contributed by atoms with Gasteiger partial charge in [0.25, 0.3) is 0 Å². The lowest BCUT2D eigenvalue weighted by atomic mass is 10.2. The minimum atomic E-state index is -1.00. The van der Waals surface area contributed by atoms with E-state index in [2.05, 4.69) is 9.97 Å². The van der Waals surface area contributed by atoms with Gasteiger partial charge in [0, 0.05) is 17.8 Å².